The molecule has 1 rings (SSSR count). The standard InChI is InChI=1S/C11H22N2O2/c1-8(2)13-11(15)7-12-6-9-3-4-10(14)5-9/h8-10,12,14H,3-7H2,1-2H3,(H,13,15). The molecule has 1 saturated carbocycles. The number of carbonyl (C=O) groups excluding carboxylic acids is 1. The van der Waals surface area contributed by atoms with Crippen LogP contribution >= 0.6 is 0 Å². The molecule has 3 N–H and O–H groups in total. The number of amides is 1. The molecule has 0 saturated heterocycles. The molecule has 4 nitrogen and oxygen atoms in total. The normalized spacial score (nSPS) is 25.9. The summed E-state index contributed by atoms with van der Waals surface area (Å²) in [5.74, 6) is 0.579. The third kappa shape index (κ3) is 5.14. The average molecular weight is 214 g/mol. The van der Waals surface area contributed by atoms with Crippen LogP contribution in [0.3, 0.4) is 0 Å². The van der Waals surface area contributed by atoms with Gasteiger partial charge < -0.3 is 15.7 Å². The Kier molecular flexibility index (Phi) is 5.05. The summed E-state index contributed by atoms with van der Waals surface area (Å²) in [6.45, 7) is 5.11. The van der Waals surface area contributed by atoms with E-state index in [1.807, 2.05) is 13.8 Å². The van der Waals surface area contributed by atoms with Gasteiger partial charge in [-0.25, -0.2) is 0 Å². The van der Waals surface area contributed by atoms with Crippen LogP contribution in [0.2, 0.25) is 0 Å². The van der Waals surface area contributed by atoms with E-state index >= 15 is 0 Å². The highest BCUT2D eigenvalue weighted by Crippen LogP contribution is 2.24. The Bertz CT molecular complexity index is 207. The lowest BCUT2D eigenvalue weighted by atomic mass is 10.1. The van der Waals surface area contributed by atoms with Crippen molar-refractivity contribution in [2.24, 2.45) is 5.92 Å². The molecule has 0 aliphatic heterocycles. The van der Waals surface area contributed by atoms with Crippen molar-refractivity contribution < 1.29 is 9.90 Å². The third-order valence-electron chi connectivity index (χ3n) is 2.68. The Morgan fingerprint density at radius 3 is 2.73 bits per heavy atom. The van der Waals surface area contributed by atoms with Gasteiger partial charge >= 0.3 is 0 Å². The summed E-state index contributed by atoms with van der Waals surface area (Å²) in [6, 6.07) is 0.201. The van der Waals surface area contributed by atoms with Crippen LogP contribution < -0.4 is 10.6 Å². The van der Waals surface area contributed by atoms with Gasteiger partial charge in [-0.3, -0.25) is 4.79 Å². The van der Waals surface area contributed by atoms with E-state index in [4.69, 9.17) is 0 Å². The Balaban J connectivity index is 2.03. The van der Waals surface area contributed by atoms with E-state index in [0.717, 1.165) is 25.8 Å². The van der Waals surface area contributed by atoms with Crippen LogP contribution in [0.5, 0.6) is 0 Å². The number of carbonyl (C=O) groups is 1. The molecule has 0 heterocycles. The molecule has 0 spiro atoms. The third-order valence-corrected chi connectivity index (χ3v) is 2.68. The highest BCUT2D eigenvalue weighted by Gasteiger charge is 2.22. The first-order valence-electron chi connectivity index (χ1n) is 5.76. The zero-order valence-corrected chi connectivity index (χ0v) is 9.62. The summed E-state index contributed by atoms with van der Waals surface area (Å²) in [7, 11) is 0. The molecule has 15 heavy (non-hydrogen) atoms. The van der Waals surface area contributed by atoms with Crippen LogP contribution in [0.1, 0.15) is 33.1 Å². The monoisotopic (exact) mass is 214 g/mol. The molecule has 0 bridgehead atoms. The van der Waals surface area contributed by atoms with Crippen molar-refractivity contribution in [3.63, 3.8) is 0 Å². The first-order valence-corrected chi connectivity index (χ1v) is 5.76. The van der Waals surface area contributed by atoms with Crippen LogP contribution in [0.15, 0.2) is 0 Å². The molecule has 1 aliphatic rings. The molecular formula is C11H22N2O2. The van der Waals surface area contributed by atoms with Gasteiger partial charge in [0.1, 0.15) is 0 Å². The second kappa shape index (κ2) is 6.08. The fourth-order valence-corrected chi connectivity index (χ4v) is 2.00. The minimum absolute atomic E-state index is 0.0449. The maximum Gasteiger partial charge on any atom is 0.234 e. The zero-order valence-electron chi connectivity index (χ0n) is 9.62. The second-order valence-electron chi connectivity index (χ2n) is 4.69. The van der Waals surface area contributed by atoms with Crippen LogP contribution in [0, 0.1) is 5.92 Å². The van der Waals surface area contributed by atoms with Gasteiger partial charge in [-0.15, -0.1) is 0 Å². The number of nitrogens with one attached hydrogen (secondary N) is 2. The quantitative estimate of drug-likeness (QED) is 0.615. The highest BCUT2D eigenvalue weighted by molar-refractivity contribution is 5.78. The van der Waals surface area contributed by atoms with E-state index in [0.29, 0.717) is 12.5 Å². The summed E-state index contributed by atoms with van der Waals surface area (Å²) in [4.78, 5) is 11.3. The van der Waals surface area contributed by atoms with E-state index in [2.05, 4.69) is 10.6 Å². The van der Waals surface area contributed by atoms with Gasteiger partial charge in [-0.1, -0.05) is 0 Å². The van der Waals surface area contributed by atoms with Crippen LogP contribution in [-0.4, -0.2) is 36.2 Å². The maximum absolute atomic E-state index is 11.3. The predicted octanol–water partition coefficient (Wildman–Crippen LogP) is 0.262. The smallest absolute Gasteiger partial charge is 0.234 e. The Morgan fingerprint density at radius 2 is 2.20 bits per heavy atom. The largest absolute Gasteiger partial charge is 0.393 e. The summed E-state index contributed by atoms with van der Waals surface area (Å²) in [6.07, 6.45) is 2.73. The van der Waals surface area contributed by atoms with Crippen molar-refractivity contribution in [1.82, 2.24) is 10.6 Å². The van der Waals surface area contributed by atoms with Crippen molar-refractivity contribution in [2.45, 2.75) is 45.3 Å². The lowest BCUT2D eigenvalue weighted by molar-refractivity contribution is -0.120. The highest BCUT2D eigenvalue weighted by atomic mass is 16.3. The van der Waals surface area contributed by atoms with Crippen LogP contribution in [-0.2, 0) is 4.79 Å². The summed E-state index contributed by atoms with van der Waals surface area (Å²) < 4.78 is 0. The SMILES string of the molecule is CC(C)NC(=O)CNCC1CCC(O)C1. The fourth-order valence-electron chi connectivity index (χ4n) is 2.00. The molecule has 0 aromatic carbocycles. The van der Waals surface area contributed by atoms with Crippen molar-refractivity contribution in [2.75, 3.05) is 13.1 Å². The molecule has 1 aliphatic carbocycles. The summed E-state index contributed by atoms with van der Waals surface area (Å²) in [5.41, 5.74) is 0. The van der Waals surface area contributed by atoms with Gasteiger partial charge in [-0.05, 0) is 45.6 Å². The van der Waals surface area contributed by atoms with E-state index in [-0.39, 0.29) is 18.1 Å². The van der Waals surface area contributed by atoms with E-state index in [1.54, 1.807) is 0 Å². The van der Waals surface area contributed by atoms with Gasteiger partial charge in [0.05, 0.1) is 12.6 Å². The molecule has 88 valence electrons. The van der Waals surface area contributed by atoms with Crippen molar-refractivity contribution in [1.29, 1.82) is 0 Å². The van der Waals surface area contributed by atoms with Crippen molar-refractivity contribution in [3.05, 3.63) is 0 Å². The molecule has 0 radical (unpaired) electrons. The number of hydrogen-bond acceptors (Lipinski definition) is 3. The second-order valence-corrected chi connectivity index (χ2v) is 4.69. The van der Waals surface area contributed by atoms with Gasteiger partial charge in [0.25, 0.3) is 0 Å². The van der Waals surface area contributed by atoms with Crippen LogP contribution in [0.4, 0.5) is 0 Å². The van der Waals surface area contributed by atoms with Crippen molar-refractivity contribution in [3.8, 4) is 0 Å². The molecule has 2 atom stereocenters. The Labute approximate surface area is 91.4 Å². The molecule has 2 unspecified atom stereocenters. The zero-order chi connectivity index (χ0) is 11.3. The first kappa shape index (κ1) is 12.5. The van der Waals surface area contributed by atoms with Crippen molar-refractivity contribution >= 4 is 5.91 Å². The maximum atomic E-state index is 11.3. The molecule has 4 heteroatoms. The summed E-state index contributed by atoms with van der Waals surface area (Å²) in [5, 5.41) is 15.3. The minimum Gasteiger partial charge on any atom is -0.393 e. The fraction of sp³-hybridized carbons (Fsp3) is 0.909. The van der Waals surface area contributed by atoms with Gasteiger partial charge in [0.15, 0.2) is 0 Å². The lowest BCUT2D eigenvalue weighted by Crippen LogP contribution is -2.38. The Hall–Kier alpha value is -0.610. The van der Waals surface area contributed by atoms with E-state index < -0.39 is 0 Å². The average Bonchev–Trinajstić information content (AvgIpc) is 2.50. The first-order chi connectivity index (χ1) is 7.08. The van der Waals surface area contributed by atoms with E-state index in [1.165, 1.54) is 0 Å². The topological polar surface area (TPSA) is 61.4 Å². The molecule has 0 aromatic rings. The number of hydrogen-bond donors (Lipinski definition) is 3. The van der Waals surface area contributed by atoms with Crippen LogP contribution in [0.25, 0.3) is 0 Å². The number of rotatable bonds is 5. The molecule has 1 fully saturated rings. The molecule has 0 aromatic heterocycles. The molecular weight excluding hydrogens is 192 g/mol. The van der Waals surface area contributed by atoms with Gasteiger partial charge in [0.2, 0.25) is 5.91 Å². The predicted molar refractivity (Wildman–Crippen MR) is 59.5 cm³/mol. The lowest BCUT2D eigenvalue weighted by Gasteiger charge is -2.12. The number of aliphatic hydroxyl groups excluding tert-OH is 1. The molecule has 1 amide bonds. The van der Waals surface area contributed by atoms with Gasteiger partial charge in [0, 0.05) is 6.04 Å². The number of aliphatic hydroxyl groups is 1. The Morgan fingerprint density at radius 1 is 1.47 bits per heavy atom. The summed E-state index contributed by atoms with van der Waals surface area (Å²) >= 11 is 0. The van der Waals surface area contributed by atoms with E-state index in [9.17, 15) is 9.90 Å². The minimum atomic E-state index is -0.124. The van der Waals surface area contributed by atoms with Gasteiger partial charge in [-0.2, -0.15) is 0 Å².